The van der Waals surface area contributed by atoms with Gasteiger partial charge in [-0.1, -0.05) is 84.9 Å². The van der Waals surface area contributed by atoms with Gasteiger partial charge in [0, 0.05) is 112 Å². The summed E-state index contributed by atoms with van der Waals surface area (Å²) in [7, 11) is 10.3. The summed E-state index contributed by atoms with van der Waals surface area (Å²) in [6, 6.07) is 74.8. The molecule has 0 amide bonds. The SMILES string of the molecule is Cc1ccc(-c2c(C)cc(C#N)c3oc4ccccc4c23)[n+](C)c1.Cc1ccc(-c2c(C)ccc3oc4cccc(C#N)c4c23)[n+](C)c1.[C-]#[N+]c1ccc2c(c1)oc1ccc(C)c(-c3ccc(C)c[n+]3C)c12.[C-]#[N+]c1ccc2oc3ccc(C)c(-c4ccc(C)c[n+]4C)c3c2c1.[C-]#[N+]c1cccc2c1oc1ccc(C)c(-c3ccc(C)c[n+]3C)c12. The Balaban J connectivity index is 0.000000112. The summed E-state index contributed by atoms with van der Waals surface area (Å²) in [6.45, 7) is 42.8. The molecule has 20 aromatic rings. The molecule has 0 N–H and O–H groups in total. The first-order chi connectivity index (χ1) is 57.9. The summed E-state index contributed by atoms with van der Waals surface area (Å²) in [5, 5.41) is 29.4. The van der Waals surface area contributed by atoms with Crippen LogP contribution in [0, 0.1) is 112 Å². The van der Waals surface area contributed by atoms with Gasteiger partial charge in [0.1, 0.15) is 91.6 Å². The fourth-order valence-corrected chi connectivity index (χ4v) is 17.0. The molecular formula is C105H85N10O5+5. The van der Waals surface area contributed by atoms with E-state index in [9.17, 15) is 10.5 Å². The summed E-state index contributed by atoms with van der Waals surface area (Å²) < 4.78 is 40.8. The molecule has 0 saturated heterocycles. The van der Waals surface area contributed by atoms with Gasteiger partial charge < -0.3 is 22.1 Å². The zero-order chi connectivity index (χ0) is 84.2. The molecule has 15 heteroatoms. The van der Waals surface area contributed by atoms with E-state index in [4.69, 9.17) is 41.8 Å². The van der Waals surface area contributed by atoms with Gasteiger partial charge in [-0.05, 0) is 194 Å². The molecule has 120 heavy (non-hydrogen) atoms. The Bertz CT molecular complexity index is 7750. The van der Waals surface area contributed by atoms with Gasteiger partial charge in [0.15, 0.2) is 47.9 Å². The van der Waals surface area contributed by atoms with Gasteiger partial charge >= 0.3 is 0 Å². The van der Waals surface area contributed by atoms with E-state index in [2.05, 4.69) is 262 Å². The highest BCUT2D eigenvalue weighted by Gasteiger charge is 2.28. The maximum Gasteiger partial charge on any atom is 0.229 e. The summed E-state index contributed by atoms with van der Waals surface area (Å²) in [4.78, 5) is 10.7. The highest BCUT2D eigenvalue weighted by atomic mass is 16.3. The summed E-state index contributed by atoms with van der Waals surface area (Å²) in [6.07, 6.45) is 10.6. The Morgan fingerprint density at radius 1 is 0.267 bits per heavy atom. The molecule has 20 rings (SSSR count). The third kappa shape index (κ3) is 14.2. The molecule has 0 aliphatic rings. The van der Waals surface area contributed by atoms with Crippen molar-refractivity contribution in [3.63, 3.8) is 0 Å². The topological polar surface area (TPSA) is 146 Å². The predicted molar refractivity (Wildman–Crippen MR) is 477 cm³/mol. The van der Waals surface area contributed by atoms with Gasteiger partial charge in [-0.2, -0.15) is 10.5 Å². The van der Waals surface area contributed by atoms with Crippen molar-refractivity contribution in [1.29, 1.82) is 10.5 Å². The van der Waals surface area contributed by atoms with Crippen molar-refractivity contribution in [3.8, 4) is 68.4 Å². The van der Waals surface area contributed by atoms with E-state index in [1.165, 1.54) is 50.1 Å². The quantitative estimate of drug-likeness (QED) is 0.123. The average molecular weight is 1570 g/mol. The van der Waals surface area contributed by atoms with E-state index < -0.39 is 0 Å². The van der Waals surface area contributed by atoms with Gasteiger partial charge in [-0.15, -0.1) is 0 Å². The molecular weight excluding hydrogens is 1480 g/mol. The van der Waals surface area contributed by atoms with Crippen molar-refractivity contribution in [2.24, 2.45) is 35.2 Å². The van der Waals surface area contributed by atoms with E-state index in [1.807, 2.05) is 123 Å². The van der Waals surface area contributed by atoms with E-state index in [-0.39, 0.29) is 0 Å². The number of hydrogen-bond acceptors (Lipinski definition) is 7. The molecule has 0 atom stereocenters. The Morgan fingerprint density at radius 3 is 1.11 bits per heavy atom. The molecule has 10 aromatic carbocycles. The van der Waals surface area contributed by atoms with Crippen LogP contribution in [0.1, 0.15) is 66.8 Å². The number of aromatic nitrogens is 5. The van der Waals surface area contributed by atoms with Gasteiger partial charge in [0.2, 0.25) is 34.2 Å². The van der Waals surface area contributed by atoms with Crippen molar-refractivity contribution in [2.45, 2.75) is 69.2 Å². The minimum Gasteiger partial charge on any atom is -0.467 e. The summed E-state index contributed by atoms with van der Waals surface area (Å²) >= 11 is 0. The molecule has 0 aliphatic heterocycles. The number of para-hydroxylation sites is 2. The van der Waals surface area contributed by atoms with Crippen molar-refractivity contribution >= 4 is 127 Å². The number of benzene rings is 10. The van der Waals surface area contributed by atoms with Crippen LogP contribution in [0.2, 0.25) is 0 Å². The fraction of sp³-hybridized carbons (Fsp3) is 0.143. The standard InChI is InChI=1S/5C21H17N2O/c1-13-5-9-17(23(4)12-13)20-14(2)6-10-18-21(20)16-8-7-15(22-3)11-19(16)24-18;1-13-5-8-17(23(4)12-13)20-14(2)6-9-19-21(20)16-11-15(22-3)7-10-18(16)24-19;1-13-8-10-17(23(4)12-13)19-14(2)9-11-18-20(19)15-6-5-7-16(22-3)21(15)24-18;1-13-7-9-16(23(3)12-13)19-14(2)8-10-18-21(19)20-15(11-22)5-4-6-17(20)24-18;1-13-8-9-17(23(3)12-13)19-14(2)10-15(11-22)21-20(19)16-6-4-5-7-18(16)24-21/h3*5-12H,1-2,4H3;2*4-10,12H,1-3H3/q5*+1. The monoisotopic (exact) mass is 1570 g/mol. The first-order valence-corrected chi connectivity index (χ1v) is 39.5. The zero-order valence-corrected chi connectivity index (χ0v) is 69.6. The Morgan fingerprint density at radius 2 is 0.625 bits per heavy atom. The van der Waals surface area contributed by atoms with Crippen LogP contribution in [0.3, 0.4) is 0 Å². The van der Waals surface area contributed by atoms with Crippen molar-refractivity contribution in [2.75, 3.05) is 0 Å². The molecule has 0 saturated carbocycles. The number of pyridine rings is 5. The third-order valence-electron chi connectivity index (χ3n) is 22.5. The van der Waals surface area contributed by atoms with E-state index in [0.29, 0.717) is 39.4 Å². The first kappa shape index (κ1) is 78.3. The van der Waals surface area contributed by atoms with Crippen LogP contribution in [-0.4, -0.2) is 0 Å². The number of nitriles is 2. The van der Waals surface area contributed by atoms with Crippen molar-refractivity contribution < 1.29 is 44.9 Å². The van der Waals surface area contributed by atoms with Crippen LogP contribution in [0.25, 0.3) is 181 Å². The second kappa shape index (κ2) is 31.9. The minimum atomic E-state index is 0.556. The van der Waals surface area contributed by atoms with Crippen LogP contribution in [0.5, 0.6) is 0 Å². The summed E-state index contributed by atoms with van der Waals surface area (Å²) in [5.41, 5.74) is 34.2. The van der Waals surface area contributed by atoms with E-state index in [0.717, 1.165) is 160 Å². The number of furan rings is 5. The molecule has 0 aliphatic carbocycles. The lowest BCUT2D eigenvalue weighted by Crippen LogP contribution is -2.31. The molecule has 0 bridgehead atoms. The summed E-state index contributed by atoms with van der Waals surface area (Å²) in [5.74, 6) is 0. The van der Waals surface area contributed by atoms with Crippen LogP contribution >= 0.6 is 0 Å². The lowest BCUT2D eigenvalue weighted by Gasteiger charge is -2.08. The smallest absolute Gasteiger partial charge is 0.229 e. The van der Waals surface area contributed by atoms with Gasteiger partial charge in [0.25, 0.3) is 0 Å². The van der Waals surface area contributed by atoms with E-state index >= 15 is 0 Å². The molecule has 15 nitrogen and oxygen atoms in total. The van der Waals surface area contributed by atoms with Gasteiger partial charge in [-0.25, -0.2) is 37.4 Å². The Labute approximate surface area is 695 Å². The fourth-order valence-electron chi connectivity index (χ4n) is 17.0. The first-order valence-electron chi connectivity index (χ1n) is 39.5. The molecule has 10 heterocycles. The van der Waals surface area contributed by atoms with E-state index in [1.54, 1.807) is 12.1 Å². The lowest BCUT2D eigenvalue weighted by molar-refractivity contribution is -0.660. The number of aryl methyl sites for hydroxylation is 15. The zero-order valence-electron chi connectivity index (χ0n) is 69.6. The second-order valence-electron chi connectivity index (χ2n) is 31.1. The van der Waals surface area contributed by atoms with Crippen LogP contribution in [0.4, 0.5) is 17.1 Å². The molecule has 10 aromatic heterocycles. The van der Waals surface area contributed by atoms with Crippen LogP contribution < -0.4 is 22.8 Å². The third-order valence-corrected chi connectivity index (χ3v) is 22.5. The maximum absolute atomic E-state index is 9.54. The molecule has 580 valence electrons. The average Bonchev–Trinajstić information content (AvgIpc) is 1.60. The van der Waals surface area contributed by atoms with Crippen molar-refractivity contribution in [1.82, 2.24) is 0 Å². The number of rotatable bonds is 5. The maximum atomic E-state index is 9.54. The van der Waals surface area contributed by atoms with Crippen LogP contribution in [0.15, 0.2) is 265 Å². The Kier molecular flexibility index (Phi) is 20.8. The largest absolute Gasteiger partial charge is 0.467 e. The Hall–Kier alpha value is -15.6. The number of nitrogens with zero attached hydrogens (tertiary/aromatic N) is 10. The van der Waals surface area contributed by atoms with Crippen molar-refractivity contribution in [3.05, 3.63) is 344 Å². The molecule has 0 fully saturated rings. The number of fused-ring (bicyclic) bond motifs is 15. The van der Waals surface area contributed by atoms with Gasteiger partial charge in [0.05, 0.1) is 64.7 Å². The number of hydrogen-bond donors (Lipinski definition) is 0. The normalized spacial score (nSPS) is 11.1. The lowest BCUT2D eigenvalue weighted by atomic mass is 9.95. The minimum absolute atomic E-state index is 0.556. The predicted octanol–water partition coefficient (Wildman–Crippen LogP) is 24.9. The second-order valence-corrected chi connectivity index (χ2v) is 31.1. The van der Waals surface area contributed by atoms with Crippen LogP contribution in [-0.2, 0) is 35.2 Å². The van der Waals surface area contributed by atoms with Gasteiger partial charge in [-0.3, -0.25) is 0 Å². The highest BCUT2D eigenvalue weighted by Crippen LogP contribution is 2.46. The highest BCUT2D eigenvalue weighted by molar-refractivity contribution is 6.18. The molecule has 0 spiro atoms. The molecule has 0 unspecified atom stereocenters. The molecule has 0 radical (unpaired) electrons.